The number of Topliss-reactive ketones (excluding diaryl/α,β-unsaturated/α-hetero) is 1. The summed E-state index contributed by atoms with van der Waals surface area (Å²) in [7, 11) is 1.45. The Labute approximate surface area is 205 Å². The Balaban J connectivity index is 1.40. The normalized spacial score (nSPS) is 17.6. The number of hydrogen-bond donors (Lipinski definition) is 4. The monoisotopic (exact) mass is 494 g/mol. The molecule has 1 saturated carbocycles. The lowest BCUT2D eigenvalue weighted by molar-refractivity contribution is -0.124. The number of rotatable bonds is 8. The van der Waals surface area contributed by atoms with Crippen molar-refractivity contribution in [3.8, 4) is 17.2 Å². The van der Waals surface area contributed by atoms with Crippen LogP contribution in [0.25, 0.3) is 10.9 Å². The van der Waals surface area contributed by atoms with Gasteiger partial charge in [-0.25, -0.2) is 0 Å². The number of benzene rings is 2. The number of methoxy groups -OCH3 is 1. The van der Waals surface area contributed by atoms with Gasteiger partial charge in [0.05, 0.1) is 34.6 Å². The summed E-state index contributed by atoms with van der Waals surface area (Å²) in [6.07, 6.45) is 3.61. The number of primary amides is 1. The number of carbonyl (C=O) groups is 2. The molecule has 0 aliphatic heterocycles. The number of nitrogens with one attached hydrogen (secondary N) is 2. The number of fused-ring (bicyclic) bond motifs is 1. The predicted molar refractivity (Wildman–Crippen MR) is 131 cm³/mol. The van der Waals surface area contributed by atoms with Gasteiger partial charge in [-0.2, -0.15) is 0 Å². The summed E-state index contributed by atoms with van der Waals surface area (Å²) in [6.45, 7) is 0. The number of aliphatic hydroxyl groups excluding tert-OH is 1. The average molecular weight is 495 g/mol. The summed E-state index contributed by atoms with van der Waals surface area (Å²) in [6, 6.07) is 10.1. The van der Waals surface area contributed by atoms with Gasteiger partial charge in [0, 0.05) is 29.8 Å². The molecular weight excluding hydrogens is 472 g/mol. The number of nitrogens with two attached hydrogens (primary N) is 1. The Morgan fingerprint density at radius 3 is 2.66 bits per heavy atom. The van der Waals surface area contributed by atoms with Crippen LogP contribution in [0.2, 0.25) is 5.02 Å². The van der Waals surface area contributed by atoms with Crippen LogP contribution in [0, 0.1) is 0 Å². The SMILES string of the molecule is COc1cc2nccc(Oc3ccc(NC4=C(NC5CCC5)C(O)C4=O)c(Cl)c3)c2cc1C(N)=O. The molecule has 0 spiro atoms. The molecule has 0 saturated heterocycles. The Kier molecular flexibility index (Phi) is 5.96. The van der Waals surface area contributed by atoms with Crippen molar-refractivity contribution in [1.29, 1.82) is 0 Å². The molecule has 180 valence electrons. The molecular formula is C25H23ClN4O5. The van der Waals surface area contributed by atoms with Gasteiger partial charge in [0.15, 0.2) is 6.10 Å². The zero-order valence-electron chi connectivity index (χ0n) is 18.8. The molecule has 1 unspecified atom stereocenters. The molecule has 1 amide bonds. The highest BCUT2D eigenvalue weighted by Crippen LogP contribution is 2.36. The number of anilines is 1. The summed E-state index contributed by atoms with van der Waals surface area (Å²) in [5.74, 6) is 0.194. The second-order valence-corrected chi connectivity index (χ2v) is 8.85. The van der Waals surface area contributed by atoms with E-state index in [0.717, 1.165) is 19.3 Å². The molecule has 2 aromatic carbocycles. The Bertz CT molecular complexity index is 1390. The third-order valence-corrected chi connectivity index (χ3v) is 6.53. The van der Waals surface area contributed by atoms with Gasteiger partial charge in [0.1, 0.15) is 22.9 Å². The second kappa shape index (κ2) is 9.09. The number of amides is 1. The lowest BCUT2D eigenvalue weighted by Crippen LogP contribution is -2.50. The van der Waals surface area contributed by atoms with Gasteiger partial charge < -0.3 is 30.9 Å². The van der Waals surface area contributed by atoms with Crippen molar-refractivity contribution in [3.05, 3.63) is 64.6 Å². The number of pyridine rings is 1. The highest BCUT2D eigenvalue weighted by molar-refractivity contribution is 6.33. The molecule has 1 aromatic heterocycles. The average Bonchev–Trinajstić information content (AvgIpc) is 2.82. The number of nitrogens with zero attached hydrogens (tertiary/aromatic N) is 1. The molecule has 10 heteroatoms. The summed E-state index contributed by atoms with van der Waals surface area (Å²) in [4.78, 5) is 28.4. The quantitative estimate of drug-likeness (QED) is 0.373. The number of ketones is 1. The fourth-order valence-electron chi connectivity index (χ4n) is 4.03. The van der Waals surface area contributed by atoms with Crippen molar-refractivity contribution in [2.75, 3.05) is 12.4 Å². The Hall–Kier alpha value is -3.82. The fourth-order valence-corrected chi connectivity index (χ4v) is 4.25. The molecule has 9 nitrogen and oxygen atoms in total. The topological polar surface area (TPSA) is 136 Å². The molecule has 1 fully saturated rings. The van der Waals surface area contributed by atoms with E-state index in [-0.39, 0.29) is 17.4 Å². The van der Waals surface area contributed by atoms with E-state index in [2.05, 4.69) is 15.6 Å². The number of halogens is 1. The highest BCUT2D eigenvalue weighted by atomic mass is 35.5. The summed E-state index contributed by atoms with van der Waals surface area (Å²) >= 11 is 6.47. The Morgan fingerprint density at radius 1 is 1.20 bits per heavy atom. The van der Waals surface area contributed by atoms with Gasteiger partial charge in [-0.05, 0) is 43.5 Å². The van der Waals surface area contributed by atoms with Crippen LogP contribution >= 0.6 is 11.6 Å². The first kappa shape index (κ1) is 22.9. The van der Waals surface area contributed by atoms with Crippen molar-refractivity contribution >= 4 is 39.9 Å². The number of aromatic nitrogens is 1. The maximum Gasteiger partial charge on any atom is 0.252 e. The van der Waals surface area contributed by atoms with Crippen LogP contribution in [0.5, 0.6) is 17.2 Å². The highest BCUT2D eigenvalue weighted by Gasteiger charge is 2.40. The van der Waals surface area contributed by atoms with Gasteiger partial charge in [-0.1, -0.05) is 11.6 Å². The number of ether oxygens (including phenoxy) is 2. The van der Waals surface area contributed by atoms with E-state index in [4.69, 9.17) is 26.8 Å². The van der Waals surface area contributed by atoms with Crippen LogP contribution < -0.4 is 25.8 Å². The van der Waals surface area contributed by atoms with Crippen molar-refractivity contribution in [1.82, 2.24) is 10.3 Å². The third-order valence-electron chi connectivity index (χ3n) is 6.22. The van der Waals surface area contributed by atoms with Gasteiger partial charge >= 0.3 is 0 Å². The number of carbonyl (C=O) groups excluding carboxylic acids is 2. The summed E-state index contributed by atoms with van der Waals surface area (Å²) < 4.78 is 11.3. The lowest BCUT2D eigenvalue weighted by atomic mass is 9.88. The van der Waals surface area contributed by atoms with Crippen LogP contribution in [0.4, 0.5) is 5.69 Å². The van der Waals surface area contributed by atoms with Crippen molar-refractivity contribution in [3.63, 3.8) is 0 Å². The van der Waals surface area contributed by atoms with Crippen LogP contribution in [0.3, 0.4) is 0 Å². The summed E-state index contributed by atoms with van der Waals surface area (Å²) in [5, 5.41) is 17.2. The van der Waals surface area contributed by atoms with E-state index in [1.165, 1.54) is 7.11 Å². The maximum atomic E-state index is 12.2. The van der Waals surface area contributed by atoms with Gasteiger partial charge in [0.2, 0.25) is 5.78 Å². The molecule has 35 heavy (non-hydrogen) atoms. The van der Waals surface area contributed by atoms with Crippen molar-refractivity contribution in [2.24, 2.45) is 5.73 Å². The van der Waals surface area contributed by atoms with Gasteiger partial charge in [-0.15, -0.1) is 0 Å². The molecule has 3 aromatic rings. The Morgan fingerprint density at radius 2 is 2.00 bits per heavy atom. The van der Waals surface area contributed by atoms with Crippen molar-refractivity contribution < 1.29 is 24.2 Å². The zero-order chi connectivity index (χ0) is 24.7. The van der Waals surface area contributed by atoms with E-state index < -0.39 is 12.0 Å². The second-order valence-electron chi connectivity index (χ2n) is 8.44. The molecule has 5 rings (SSSR count). The van der Waals surface area contributed by atoms with E-state index >= 15 is 0 Å². The molecule has 2 aliphatic rings. The van der Waals surface area contributed by atoms with E-state index in [1.807, 2.05) is 0 Å². The number of aliphatic hydroxyl groups is 1. The van der Waals surface area contributed by atoms with Crippen molar-refractivity contribution in [2.45, 2.75) is 31.4 Å². The minimum Gasteiger partial charge on any atom is -0.496 e. The van der Waals surface area contributed by atoms with Gasteiger partial charge in [-0.3, -0.25) is 14.6 Å². The zero-order valence-corrected chi connectivity index (χ0v) is 19.6. The molecule has 0 radical (unpaired) electrons. The largest absolute Gasteiger partial charge is 0.496 e. The molecule has 2 aliphatic carbocycles. The first-order valence-corrected chi connectivity index (χ1v) is 11.5. The van der Waals surface area contributed by atoms with E-state index in [1.54, 1.807) is 42.6 Å². The minimum absolute atomic E-state index is 0.211. The predicted octanol–water partition coefficient (Wildman–Crippen LogP) is 3.50. The third kappa shape index (κ3) is 4.24. The number of hydrogen-bond acceptors (Lipinski definition) is 8. The molecule has 5 N–H and O–H groups in total. The van der Waals surface area contributed by atoms with Crippen LogP contribution in [-0.2, 0) is 4.79 Å². The minimum atomic E-state index is -1.14. The van der Waals surface area contributed by atoms with Gasteiger partial charge in [0.25, 0.3) is 5.91 Å². The maximum absolute atomic E-state index is 12.2. The molecule has 1 atom stereocenters. The fraction of sp³-hybridized carbons (Fsp3) is 0.240. The lowest BCUT2D eigenvalue weighted by Gasteiger charge is -2.36. The first-order chi connectivity index (χ1) is 16.9. The van der Waals surface area contributed by atoms with Crippen LogP contribution in [0.15, 0.2) is 54.0 Å². The molecule has 0 bridgehead atoms. The molecule has 1 heterocycles. The summed E-state index contributed by atoms with van der Waals surface area (Å²) in [5.41, 5.74) is 7.58. The van der Waals surface area contributed by atoms with Crippen LogP contribution in [0.1, 0.15) is 29.6 Å². The van der Waals surface area contributed by atoms with E-state index in [0.29, 0.717) is 50.3 Å². The standard InChI is InChI=1S/C25H23ClN4O5/c1-34-20-11-18-14(10-15(20)25(27)33)19(7-8-28-18)35-13-5-6-17(16(26)9-13)30-22-21(23(31)24(22)32)29-12-3-2-4-12/h5-12,23,29-31H,2-4H2,1H3,(H2,27,33). The smallest absolute Gasteiger partial charge is 0.252 e. The van der Waals surface area contributed by atoms with E-state index in [9.17, 15) is 14.7 Å². The first-order valence-electron chi connectivity index (χ1n) is 11.1. The van der Waals surface area contributed by atoms with Crippen LogP contribution in [-0.4, -0.2) is 41.0 Å².